The second-order valence-corrected chi connectivity index (χ2v) is 7.28. The molecule has 0 amide bonds. The molecule has 2 aromatic heterocycles. The Balaban J connectivity index is 1.40. The fourth-order valence-electron chi connectivity index (χ4n) is 3.52. The molecule has 3 heterocycles. The van der Waals surface area contributed by atoms with Crippen molar-refractivity contribution in [1.29, 1.82) is 0 Å². The highest BCUT2D eigenvalue weighted by Gasteiger charge is 2.30. The lowest BCUT2D eigenvalue weighted by atomic mass is 9.96. The van der Waals surface area contributed by atoms with Crippen molar-refractivity contribution in [3.05, 3.63) is 44.2 Å². The molecule has 8 nitrogen and oxygen atoms in total. The molecule has 1 aliphatic carbocycles. The molecule has 0 atom stereocenters. The van der Waals surface area contributed by atoms with E-state index in [-0.39, 0.29) is 11.2 Å². The maximum absolute atomic E-state index is 12.0. The fraction of sp³-hybridized carbons (Fsp3) is 0.647. The van der Waals surface area contributed by atoms with E-state index in [0.29, 0.717) is 18.4 Å². The van der Waals surface area contributed by atoms with Gasteiger partial charge in [-0.15, -0.1) is 0 Å². The van der Waals surface area contributed by atoms with Crippen molar-refractivity contribution in [1.82, 2.24) is 29.2 Å². The predicted molar refractivity (Wildman–Crippen MR) is 92.5 cm³/mol. The smallest absolute Gasteiger partial charge is 0.299 e. The van der Waals surface area contributed by atoms with Crippen LogP contribution in [0.15, 0.2) is 15.7 Å². The van der Waals surface area contributed by atoms with Crippen LogP contribution in [0.3, 0.4) is 0 Å². The third-order valence-electron chi connectivity index (χ3n) is 5.45. The van der Waals surface area contributed by atoms with Crippen molar-refractivity contribution >= 4 is 0 Å². The molecule has 2 aliphatic rings. The van der Waals surface area contributed by atoms with Gasteiger partial charge in [-0.2, -0.15) is 5.10 Å². The number of hydrogen-bond donors (Lipinski definition) is 1. The van der Waals surface area contributed by atoms with Crippen LogP contribution in [-0.4, -0.2) is 42.3 Å². The minimum Gasteiger partial charge on any atom is -0.299 e. The van der Waals surface area contributed by atoms with Gasteiger partial charge in [0.15, 0.2) is 5.82 Å². The van der Waals surface area contributed by atoms with Crippen LogP contribution in [0.4, 0.5) is 0 Å². The van der Waals surface area contributed by atoms with Crippen molar-refractivity contribution in [2.45, 2.75) is 44.1 Å². The lowest BCUT2D eigenvalue weighted by Gasteiger charge is -2.31. The first-order valence-corrected chi connectivity index (χ1v) is 8.93. The monoisotopic (exact) mass is 344 g/mol. The van der Waals surface area contributed by atoms with E-state index in [1.54, 1.807) is 17.7 Å². The highest BCUT2D eigenvalue weighted by Crippen LogP contribution is 2.38. The summed E-state index contributed by atoms with van der Waals surface area (Å²) in [6.07, 6.45) is 4.45. The molecule has 0 spiro atoms. The second-order valence-electron chi connectivity index (χ2n) is 7.28. The third-order valence-corrected chi connectivity index (χ3v) is 5.45. The zero-order valence-electron chi connectivity index (χ0n) is 14.7. The Kier molecular flexibility index (Phi) is 4.07. The summed E-state index contributed by atoms with van der Waals surface area (Å²) in [5.74, 6) is 2.99. The van der Waals surface area contributed by atoms with Gasteiger partial charge in [-0.25, -0.2) is 9.78 Å². The number of aromatic nitrogens is 5. The number of nitrogens with one attached hydrogen (secondary N) is 1. The van der Waals surface area contributed by atoms with E-state index in [4.69, 9.17) is 0 Å². The third kappa shape index (κ3) is 3.18. The minimum absolute atomic E-state index is 0.248. The quantitative estimate of drug-likeness (QED) is 0.870. The molecule has 4 rings (SSSR count). The molecule has 134 valence electrons. The molecule has 1 N–H and O–H groups in total. The Morgan fingerprint density at radius 1 is 1.08 bits per heavy atom. The summed E-state index contributed by atoms with van der Waals surface area (Å²) in [6, 6.07) is 1.56. The van der Waals surface area contributed by atoms with Crippen LogP contribution in [0.1, 0.15) is 54.9 Å². The lowest BCUT2D eigenvalue weighted by Crippen LogP contribution is -2.40. The molecular weight excluding hydrogens is 320 g/mol. The van der Waals surface area contributed by atoms with E-state index in [1.807, 2.05) is 0 Å². The molecule has 8 heteroatoms. The summed E-state index contributed by atoms with van der Waals surface area (Å²) in [6.45, 7) is 2.47. The number of likely N-dealkylation sites (tertiary alicyclic amines) is 1. The topological polar surface area (TPSA) is 88.8 Å². The number of nitrogens with zero attached hydrogens (tertiary/aromatic N) is 5. The molecule has 1 aliphatic heterocycles. The van der Waals surface area contributed by atoms with Crippen LogP contribution in [0.25, 0.3) is 0 Å². The Bertz CT molecular complexity index is 883. The molecule has 0 radical (unpaired) electrons. The summed E-state index contributed by atoms with van der Waals surface area (Å²) < 4.78 is 2.70. The molecule has 2 fully saturated rings. The van der Waals surface area contributed by atoms with Crippen molar-refractivity contribution < 1.29 is 0 Å². The molecule has 0 aromatic carbocycles. The summed E-state index contributed by atoms with van der Waals surface area (Å²) in [5, 5.41) is 7.48. The molecule has 0 bridgehead atoms. The molecule has 1 saturated carbocycles. The van der Waals surface area contributed by atoms with E-state index in [0.717, 1.165) is 47.8 Å². The Hall–Kier alpha value is -2.22. The Labute approximate surface area is 145 Å². The first-order valence-electron chi connectivity index (χ1n) is 8.93. The number of rotatable bonds is 4. The second kappa shape index (κ2) is 6.25. The van der Waals surface area contributed by atoms with Gasteiger partial charge in [0.25, 0.3) is 5.56 Å². The number of piperidine rings is 1. The molecule has 1 saturated heterocycles. The first kappa shape index (κ1) is 16.3. The van der Waals surface area contributed by atoms with Crippen LogP contribution in [-0.2, 0) is 20.6 Å². The van der Waals surface area contributed by atoms with Crippen LogP contribution in [0.5, 0.6) is 0 Å². The van der Waals surface area contributed by atoms with Crippen LogP contribution < -0.4 is 11.2 Å². The normalized spacial score (nSPS) is 19.4. The minimum atomic E-state index is -0.272. The van der Waals surface area contributed by atoms with Gasteiger partial charge in [0.2, 0.25) is 0 Å². The van der Waals surface area contributed by atoms with E-state index in [1.165, 1.54) is 19.9 Å². The Morgan fingerprint density at radius 3 is 2.48 bits per heavy atom. The van der Waals surface area contributed by atoms with Gasteiger partial charge in [0.1, 0.15) is 5.82 Å². The van der Waals surface area contributed by atoms with Gasteiger partial charge in [-0.05, 0) is 38.8 Å². The van der Waals surface area contributed by atoms with Gasteiger partial charge in [-0.1, -0.05) is 0 Å². The SMILES string of the molecule is Cn1c(CN2CCC(c3nc(C4CC4)n[nH]3)CC2)cc(=O)n(C)c1=O. The van der Waals surface area contributed by atoms with E-state index in [2.05, 4.69) is 20.1 Å². The number of hydrogen-bond acceptors (Lipinski definition) is 5. The fourth-order valence-corrected chi connectivity index (χ4v) is 3.52. The highest BCUT2D eigenvalue weighted by molar-refractivity contribution is 5.08. The summed E-state index contributed by atoms with van der Waals surface area (Å²) in [7, 11) is 3.23. The highest BCUT2D eigenvalue weighted by atomic mass is 16.2. The van der Waals surface area contributed by atoms with Crippen LogP contribution in [0, 0.1) is 0 Å². The molecule has 2 aromatic rings. The maximum Gasteiger partial charge on any atom is 0.330 e. The summed E-state index contributed by atoms with van der Waals surface area (Å²) in [4.78, 5) is 30.9. The summed E-state index contributed by atoms with van der Waals surface area (Å²) in [5.41, 5.74) is 0.246. The van der Waals surface area contributed by atoms with Crippen molar-refractivity contribution in [2.24, 2.45) is 14.1 Å². The standard InChI is InChI=1S/C17H24N6O2/c1-21-13(9-14(24)22(2)17(21)25)10-23-7-5-12(6-8-23)16-18-15(19-20-16)11-3-4-11/h9,11-12H,3-8,10H2,1-2H3,(H,18,19,20). The van der Waals surface area contributed by atoms with E-state index < -0.39 is 0 Å². The predicted octanol–water partition coefficient (Wildman–Crippen LogP) is 0.459. The van der Waals surface area contributed by atoms with Gasteiger partial charge >= 0.3 is 5.69 Å². The van der Waals surface area contributed by atoms with Crippen LogP contribution >= 0.6 is 0 Å². The van der Waals surface area contributed by atoms with E-state index in [9.17, 15) is 9.59 Å². The van der Waals surface area contributed by atoms with Crippen LogP contribution in [0.2, 0.25) is 0 Å². The Morgan fingerprint density at radius 2 is 1.80 bits per heavy atom. The van der Waals surface area contributed by atoms with Gasteiger partial charge < -0.3 is 0 Å². The zero-order chi connectivity index (χ0) is 17.6. The number of aromatic amines is 1. The zero-order valence-corrected chi connectivity index (χ0v) is 14.7. The summed E-state index contributed by atoms with van der Waals surface area (Å²) >= 11 is 0. The first-order chi connectivity index (χ1) is 12.0. The maximum atomic E-state index is 12.0. The molecule has 25 heavy (non-hydrogen) atoms. The molecule has 0 unspecified atom stereocenters. The van der Waals surface area contributed by atoms with Crippen molar-refractivity contribution in [2.75, 3.05) is 13.1 Å². The van der Waals surface area contributed by atoms with Crippen molar-refractivity contribution in [3.63, 3.8) is 0 Å². The van der Waals surface area contributed by atoms with E-state index >= 15 is 0 Å². The average Bonchev–Trinajstić information content (AvgIpc) is 3.36. The largest absolute Gasteiger partial charge is 0.330 e. The molecular formula is C17H24N6O2. The van der Waals surface area contributed by atoms with Gasteiger partial charge in [0, 0.05) is 44.2 Å². The van der Waals surface area contributed by atoms with Gasteiger partial charge in [0.05, 0.1) is 0 Å². The number of H-pyrrole nitrogens is 1. The average molecular weight is 344 g/mol. The lowest BCUT2D eigenvalue weighted by molar-refractivity contribution is 0.197. The van der Waals surface area contributed by atoms with Gasteiger partial charge in [-0.3, -0.25) is 23.9 Å². The van der Waals surface area contributed by atoms with Crippen molar-refractivity contribution in [3.8, 4) is 0 Å².